The third-order valence-corrected chi connectivity index (χ3v) is 10.3. The lowest BCUT2D eigenvalue weighted by atomic mass is 10.1. The third kappa shape index (κ3) is 5.76. The maximum absolute atomic E-state index is 13.7. The summed E-state index contributed by atoms with van der Waals surface area (Å²) in [4.78, 5) is 27.8. The Hall–Kier alpha value is -4.06. The second-order valence-electron chi connectivity index (χ2n) is 8.90. The van der Waals surface area contributed by atoms with Crippen LogP contribution in [0.5, 0.6) is 0 Å². The van der Waals surface area contributed by atoms with Gasteiger partial charge in [0, 0.05) is 17.6 Å². The highest BCUT2D eigenvalue weighted by atomic mass is 32.2. The number of nitrogens with one attached hydrogen (secondary N) is 2. The second kappa shape index (κ2) is 11.6. The first-order chi connectivity index (χ1) is 19.2. The molecule has 0 aliphatic rings. The van der Waals surface area contributed by atoms with Crippen molar-refractivity contribution in [2.75, 3.05) is 10.0 Å². The number of sulfonamides is 1. The second-order valence-corrected chi connectivity index (χ2v) is 12.9. The molecule has 1 amide bonds. The summed E-state index contributed by atoms with van der Waals surface area (Å²) in [6, 6.07) is 28.6. The third-order valence-electron chi connectivity index (χ3n) is 6.26. The largest absolute Gasteiger partial charge is 0.319 e. The minimum Gasteiger partial charge on any atom is -0.319 e. The van der Waals surface area contributed by atoms with E-state index >= 15 is 0 Å². The molecular formula is C29H26N4O4S3. The van der Waals surface area contributed by atoms with Gasteiger partial charge in [0.2, 0.25) is 5.91 Å². The van der Waals surface area contributed by atoms with Gasteiger partial charge in [-0.25, -0.2) is 13.1 Å². The van der Waals surface area contributed by atoms with E-state index in [2.05, 4.69) is 10.0 Å². The molecule has 1 atom stereocenters. The average Bonchev–Trinajstić information content (AvgIpc) is 3.58. The number of hydrogen-bond acceptors (Lipinski definition) is 6. The Kier molecular flexibility index (Phi) is 7.97. The SMILES string of the molecule is Cc1c(NC(=O)C(Sc2ccc(NS(=O)(=O)c3cccs3)cc2)c2ccccc2)c(=O)n(-c2ccccc2)n1C. The van der Waals surface area contributed by atoms with E-state index in [9.17, 15) is 18.0 Å². The molecule has 40 heavy (non-hydrogen) atoms. The van der Waals surface area contributed by atoms with E-state index in [-0.39, 0.29) is 21.4 Å². The summed E-state index contributed by atoms with van der Waals surface area (Å²) in [6.07, 6.45) is 0. The maximum Gasteiger partial charge on any atom is 0.295 e. The first-order valence-electron chi connectivity index (χ1n) is 12.3. The fourth-order valence-electron chi connectivity index (χ4n) is 4.16. The van der Waals surface area contributed by atoms with Gasteiger partial charge in [-0.1, -0.05) is 54.6 Å². The quantitative estimate of drug-likeness (QED) is 0.211. The molecule has 0 aliphatic heterocycles. The van der Waals surface area contributed by atoms with E-state index in [4.69, 9.17) is 0 Å². The minimum absolute atomic E-state index is 0.219. The maximum atomic E-state index is 13.7. The van der Waals surface area contributed by atoms with Gasteiger partial charge in [0.1, 0.15) is 15.1 Å². The molecule has 0 bridgehead atoms. The Labute approximate surface area is 240 Å². The van der Waals surface area contributed by atoms with Gasteiger partial charge in [0.25, 0.3) is 15.6 Å². The van der Waals surface area contributed by atoms with Gasteiger partial charge in [0.05, 0.1) is 11.4 Å². The summed E-state index contributed by atoms with van der Waals surface area (Å²) in [5, 5.41) is 3.92. The van der Waals surface area contributed by atoms with Gasteiger partial charge in [-0.05, 0) is 60.3 Å². The minimum atomic E-state index is -3.66. The first kappa shape index (κ1) is 27.5. The molecule has 2 aromatic heterocycles. The molecule has 1 unspecified atom stereocenters. The first-order valence-corrected chi connectivity index (χ1v) is 15.5. The molecule has 204 valence electrons. The van der Waals surface area contributed by atoms with Crippen LogP contribution >= 0.6 is 23.1 Å². The summed E-state index contributed by atoms with van der Waals surface area (Å²) in [7, 11) is -1.89. The van der Waals surface area contributed by atoms with Gasteiger partial charge >= 0.3 is 0 Å². The fraction of sp³-hybridized carbons (Fsp3) is 0.103. The molecule has 8 nitrogen and oxygen atoms in total. The molecule has 5 rings (SSSR count). The normalized spacial score (nSPS) is 12.2. The molecule has 11 heteroatoms. The molecule has 0 saturated carbocycles. The van der Waals surface area contributed by atoms with Crippen LogP contribution in [0.2, 0.25) is 0 Å². The van der Waals surface area contributed by atoms with Crippen LogP contribution in [0.4, 0.5) is 11.4 Å². The monoisotopic (exact) mass is 590 g/mol. The summed E-state index contributed by atoms with van der Waals surface area (Å²) < 4.78 is 31.2. The van der Waals surface area contributed by atoms with Crippen molar-refractivity contribution in [2.24, 2.45) is 7.05 Å². The van der Waals surface area contributed by atoms with Crippen molar-refractivity contribution in [1.29, 1.82) is 0 Å². The zero-order valence-corrected chi connectivity index (χ0v) is 24.1. The van der Waals surface area contributed by atoms with Gasteiger partial charge in [-0.15, -0.1) is 23.1 Å². The van der Waals surface area contributed by atoms with Crippen LogP contribution in [-0.2, 0) is 21.9 Å². The van der Waals surface area contributed by atoms with Crippen LogP contribution in [0.25, 0.3) is 5.69 Å². The van der Waals surface area contributed by atoms with Crippen molar-refractivity contribution >= 4 is 50.4 Å². The van der Waals surface area contributed by atoms with E-state index in [1.54, 1.807) is 60.4 Å². The van der Waals surface area contributed by atoms with Crippen molar-refractivity contribution in [1.82, 2.24) is 9.36 Å². The van der Waals surface area contributed by atoms with Crippen molar-refractivity contribution in [2.45, 2.75) is 21.3 Å². The highest BCUT2D eigenvalue weighted by Crippen LogP contribution is 2.37. The molecule has 0 radical (unpaired) electrons. The van der Waals surface area contributed by atoms with Crippen molar-refractivity contribution in [3.05, 3.63) is 124 Å². The molecule has 0 aliphatic carbocycles. The number of nitrogens with zero attached hydrogens (tertiary/aromatic N) is 2. The number of rotatable bonds is 9. The fourth-order valence-corrected chi connectivity index (χ4v) is 7.24. The van der Waals surface area contributed by atoms with E-state index < -0.39 is 15.3 Å². The van der Waals surface area contributed by atoms with Gasteiger partial charge in [-0.2, -0.15) is 0 Å². The standard InChI is InChI=1S/C29H26N4O4S3/c1-20-26(29(35)33(32(20)2)23-12-7-4-8-13-23)30-28(34)27(21-10-5-3-6-11-21)39-24-17-15-22(16-18-24)31-40(36,37)25-14-9-19-38-25/h3-19,27,31H,1-2H3,(H,30,34). The summed E-state index contributed by atoms with van der Waals surface area (Å²) in [5.41, 5.74) is 2.41. The van der Waals surface area contributed by atoms with Gasteiger partial charge in [-0.3, -0.25) is 19.0 Å². The van der Waals surface area contributed by atoms with Gasteiger partial charge in [0.15, 0.2) is 0 Å². The number of anilines is 2. The molecule has 5 aromatic rings. The Balaban J connectivity index is 1.40. The van der Waals surface area contributed by atoms with Crippen LogP contribution in [0.1, 0.15) is 16.5 Å². The van der Waals surface area contributed by atoms with E-state index in [0.29, 0.717) is 17.1 Å². The van der Waals surface area contributed by atoms with Crippen LogP contribution in [0.15, 0.2) is 116 Å². The molecule has 3 aromatic carbocycles. The van der Waals surface area contributed by atoms with Crippen LogP contribution in [0, 0.1) is 6.92 Å². The lowest BCUT2D eigenvalue weighted by Crippen LogP contribution is -2.25. The van der Waals surface area contributed by atoms with E-state index in [1.165, 1.54) is 16.4 Å². The molecule has 2 heterocycles. The summed E-state index contributed by atoms with van der Waals surface area (Å²) >= 11 is 2.45. The zero-order valence-electron chi connectivity index (χ0n) is 21.6. The number of hydrogen-bond donors (Lipinski definition) is 2. The number of para-hydroxylation sites is 1. The molecule has 0 saturated heterocycles. The predicted molar refractivity (Wildman–Crippen MR) is 161 cm³/mol. The number of carbonyl (C=O) groups excluding carboxylic acids is 1. The van der Waals surface area contributed by atoms with Crippen LogP contribution in [0.3, 0.4) is 0 Å². The number of thiophene rings is 1. The highest BCUT2D eigenvalue weighted by Gasteiger charge is 2.26. The van der Waals surface area contributed by atoms with E-state index in [1.807, 2.05) is 60.7 Å². The Morgan fingerprint density at radius 3 is 2.17 bits per heavy atom. The Morgan fingerprint density at radius 1 is 0.900 bits per heavy atom. The van der Waals surface area contributed by atoms with Crippen LogP contribution < -0.4 is 15.6 Å². The number of thioether (sulfide) groups is 1. The molecule has 0 fully saturated rings. The molecule has 2 N–H and O–H groups in total. The van der Waals surface area contributed by atoms with E-state index in [0.717, 1.165) is 21.8 Å². The summed E-state index contributed by atoms with van der Waals surface area (Å²) in [5.74, 6) is -0.343. The zero-order chi connectivity index (χ0) is 28.3. The smallest absolute Gasteiger partial charge is 0.295 e. The van der Waals surface area contributed by atoms with Gasteiger partial charge < -0.3 is 5.32 Å². The lowest BCUT2D eigenvalue weighted by Gasteiger charge is -2.17. The number of benzene rings is 3. The number of amides is 1. The van der Waals surface area contributed by atoms with Crippen molar-refractivity contribution in [3.63, 3.8) is 0 Å². The highest BCUT2D eigenvalue weighted by molar-refractivity contribution is 8.00. The summed E-state index contributed by atoms with van der Waals surface area (Å²) in [6.45, 7) is 1.79. The van der Waals surface area contributed by atoms with Crippen molar-refractivity contribution < 1.29 is 13.2 Å². The molecular weight excluding hydrogens is 565 g/mol. The average molecular weight is 591 g/mol. The topological polar surface area (TPSA) is 102 Å². The number of carbonyl (C=O) groups is 1. The Bertz CT molecular complexity index is 1780. The Morgan fingerprint density at radius 2 is 1.55 bits per heavy atom. The molecule has 0 spiro atoms. The number of aromatic nitrogens is 2. The lowest BCUT2D eigenvalue weighted by molar-refractivity contribution is -0.115. The predicted octanol–water partition coefficient (Wildman–Crippen LogP) is 5.82. The van der Waals surface area contributed by atoms with Crippen LogP contribution in [-0.4, -0.2) is 23.7 Å². The van der Waals surface area contributed by atoms with Crippen molar-refractivity contribution in [3.8, 4) is 5.69 Å².